The Kier molecular flexibility index (Phi) is 5.02. The summed E-state index contributed by atoms with van der Waals surface area (Å²) in [5.74, 6) is 0.551. The third-order valence-corrected chi connectivity index (χ3v) is 3.83. The standard InChI is InChI=1S/C12H17N3O4S/c1-2-3-10(16)18-6-11-19-9(7-20-11)15-5-4-8(13)14-12(15)17/h4-5,9,11H,2-3,6-7H2,1H3,(H2,13,14,17). The number of nitrogens with zero attached hydrogens (tertiary/aromatic N) is 2. The Labute approximate surface area is 120 Å². The number of aromatic nitrogens is 2. The molecule has 110 valence electrons. The first-order valence-corrected chi connectivity index (χ1v) is 7.42. The van der Waals surface area contributed by atoms with E-state index in [0.717, 1.165) is 6.42 Å². The van der Waals surface area contributed by atoms with Crippen LogP contribution < -0.4 is 11.4 Å². The highest BCUT2D eigenvalue weighted by Crippen LogP contribution is 2.31. The molecule has 2 rings (SSSR count). The van der Waals surface area contributed by atoms with Crippen LogP contribution in [0.5, 0.6) is 0 Å². The van der Waals surface area contributed by atoms with Crippen molar-refractivity contribution in [2.24, 2.45) is 0 Å². The summed E-state index contributed by atoms with van der Waals surface area (Å²) in [6, 6.07) is 1.55. The van der Waals surface area contributed by atoms with Gasteiger partial charge < -0.3 is 15.2 Å². The second kappa shape index (κ2) is 6.76. The van der Waals surface area contributed by atoms with Gasteiger partial charge in [-0.25, -0.2) is 4.79 Å². The predicted octanol–water partition coefficient (Wildman–Crippen LogP) is 0.757. The van der Waals surface area contributed by atoms with Crippen molar-refractivity contribution in [3.05, 3.63) is 22.7 Å². The van der Waals surface area contributed by atoms with Crippen LogP contribution in [0.25, 0.3) is 0 Å². The molecule has 0 spiro atoms. The van der Waals surface area contributed by atoms with Crippen LogP contribution in [0.4, 0.5) is 5.82 Å². The molecular weight excluding hydrogens is 282 g/mol. The van der Waals surface area contributed by atoms with Gasteiger partial charge in [0.1, 0.15) is 24.1 Å². The number of carbonyl (C=O) groups excluding carboxylic acids is 1. The van der Waals surface area contributed by atoms with Crippen LogP contribution in [-0.4, -0.2) is 33.3 Å². The molecule has 2 heterocycles. The molecule has 0 radical (unpaired) electrons. The SMILES string of the molecule is CCCC(=O)OCC1OC(n2ccc(N)nc2=O)CS1. The maximum atomic E-state index is 11.7. The number of hydrogen-bond acceptors (Lipinski definition) is 7. The summed E-state index contributed by atoms with van der Waals surface area (Å²) in [6.45, 7) is 2.11. The van der Waals surface area contributed by atoms with E-state index in [1.54, 1.807) is 12.3 Å². The van der Waals surface area contributed by atoms with Gasteiger partial charge in [-0.1, -0.05) is 6.92 Å². The van der Waals surface area contributed by atoms with Gasteiger partial charge >= 0.3 is 11.7 Å². The van der Waals surface area contributed by atoms with Crippen molar-refractivity contribution < 1.29 is 14.3 Å². The summed E-state index contributed by atoms with van der Waals surface area (Å²) >= 11 is 1.50. The van der Waals surface area contributed by atoms with Crippen LogP contribution in [0.1, 0.15) is 26.0 Å². The fourth-order valence-corrected chi connectivity index (χ4v) is 2.75. The normalized spacial score (nSPS) is 21.9. The lowest BCUT2D eigenvalue weighted by Gasteiger charge is -2.14. The van der Waals surface area contributed by atoms with Gasteiger partial charge in [0.25, 0.3) is 0 Å². The minimum absolute atomic E-state index is 0.182. The molecule has 0 aromatic carbocycles. The number of anilines is 1. The van der Waals surface area contributed by atoms with Gasteiger partial charge in [0, 0.05) is 18.4 Å². The average Bonchev–Trinajstić information content (AvgIpc) is 2.85. The zero-order chi connectivity index (χ0) is 14.5. The number of esters is 1. The Morgan fingerprint density at radius 2 is 2.50 bits per heavy atom. The summed E-state index contributed by atoms with van der Waals surface area (Å²) in [5.41, 5.74) is 4.73. The number of carbonyl (C=O) groups is 1. The first-order valence-electron chi connectivity index (χ1n) is 6.37. The second-order valence-corrected chi connectivity index (χ2v) is 5.52. The molecule has 8 heteroatoms. The summed E-state index contributed by atoms with van der Waals surface area (Å²) in [4.78, 5) is 26.6. The van der Waals surface area contributed by atoms with Crippen molar-refractivity contribution in [1.29, 1.82) is 0 Å². The zero-order valence-corrected chi connectivity index (χ0v) is 12.0. The molecule has 0 amide bonds. The highest BCUT2D eigenvalue weighted by molar-refractivity contribution is 8.00. The highest BCUT2D eigenvalue weighted by atomic mass is 32.2. The summed E-state index contributed by atoms with van der Waals surface area (Å²) in [5, 5.41) is 0. The van der Waals surface area contributed by atoms with Crippen LogP contribution in [0.15, 0.2) is 17.1 Å². The van der Waals surface area contributed by atoms with Crippen molar-refractivity contribution in [2.75, 3.05) is 18.1 Å². The van der Waals surface area contributed by atoms with Crippen molar-refractivity contribution in [1.82, 2.24) is 9.55 Å². The van der Waals surface area contributed by atoms with E-state index in [4.69, 9.17) is 15.2 Å². The lowest BCUT2D eigenvalue weighted by Crippen LogP contribution is -2.29. The number of nitrogens with two attached hydrogens (primary N) is 1. The van der Waals surface area contributed by atoms with E-state index in [-0.39, 0.29) is 23.8 Å². The Morgan fingerprint density at radius 3 is 3.20 bits per heavy atom. The van der Waals surface area contributed by atoms with Crippen molar-refractivity contribution in [3.8, 4) is 0 Å². The molecule has 0 bridgehead atoms. The minimum Gasteiger partial charge on any atom is -0.462 e. The molecule has 1 aliphatic heterocycles. The molecule has 2 unspecified atom stereocenters. The van der Waals surface area contributed by atoms with E-state index >= 15 is 0 Å². The predicted molar refractivity (Wildman–Crippen MR) is 75.1 cm³/mol. The Morgan fingerprint density at radius 1 is 1.70 bits per heavy atom. The van der Waals surface area contributed by atoms with Gasteiger partial charge in [-0.2, -0.15) is 4.98 Å². The van der Waals surface area contributed by atoms with E-state index in [2.05, 4.69) is 4.98 Å². The molecule has 20 heavy (non-hydrogen) atoms. The molecule has 2 atom stereocenters. The molecule has 1 fully saturated rings. The second-order valence-electron chi connectivity index (χ2n) is 4.33. The van der Waals surface area contributed by atoms with Crippen LogP contribution in [-0.2, 0) is 14.3 Å². The maximum absolute atomic E-state index is 11.7. The van der Waals surface area contributed by atoms with Crippen LogP contribution >= 0.6 is 11.8 Å². The summed E-state index contributed by atoms with van der Waals surface area (Å²) < 4.78 is 12.1. The van der Waals surface area contributed by atoms with Crippen molar-refractivity contribution >= 4 is 23.5 Å². The third kappa shape index (κ3) is 3.73. The Balaban J connectivity index is 1.89. The number of thioether (sulfide) groups is 1. The quantitative estimate of drug-likeness (QED) is 0.801. The Bertz CT molecular complexity index is 534. The van der Waals surface area contributed by atoms with E-state index < -0.39 is 11.9 Å². The Hall–Kier alpha value is -1.54. The van der Waals surface area contributed by atoms with Crippen LogP contribution in [0.2, 0.25) is 0 Å². The average molecular weight is 299 g/mol. The molecule has 1 aliphatic rings. The van der Waals surface area contributed by atoms with Gasteiger partial charge in [-0.15, -0.1) is 11.8 Å². The summed E-state index contributed by atoms with van der Waals surface area (Å²) in [7, 11) is 0. The topological polar surface area (TPSA) is 96.4 Å². The van der Waals surface area contributed by atoms with Gasteiger partial charge in [-0.3, -0.25) is 9.36 Å². The zero-order valence-electron chi connectivity index (χ0n) is 11.2. The first kappa shape index (κ1) is 14.9. The number of ether oxygens (including phenoxy) is 2. The fraction of sp³-hybridized carbons (Fsp3) is 0.583. The van der Waals surface area contributed by atoms with Crippen LogP contribution in [0.3, 0.4) is 0 Å². The smallest absolute Gasteiger partial charge is 0.351 e. The van der Waals surface area contributed by atoms with Crippen molar-refractivity contribution in [2.45, 2.75) is 31.4 Å². The number of hydrogen-bond donors (Lipinski definition) is 1. The van der Waals surface area contributed by atoms with Crippen LogP contribution in [0, 0.1) is 0 Å². The minimum atomic E-state index is -0.445. The van der Waals surface area contributed by atoms with Gasteiger partial charge in [0.15, 0.2) is 0 Å². The first-order chi connectivity index (χ1) is 9.60. The van der Waals surface area contributed by atoms with E-state index in [1.807, 2.05) is 6.92 Å². The molecule has 1 aromatic rings. The molecular formula is C12H17N3O4S. The van der Waals surface area contributed by atoms with E-state index in [1.165, 1.54) is 16.3 Å². The van der Waals surface area contributed by atoms with E-state index in [0.29, 0.717) is 12.2 Å². The highest BCUT2D eigenvalue weighted by Gasteiger charge is 2.28. The van der Waals surface area contributed by atoms with Gasteiger partial charge in [0.2, 0.25) is 0 Å². The number of rotatable bonds is 5. The van der Waals surface area contributed by atoms with Crippen molar-refractivity contribution in [3.63, 3.8) is 0 Å². The lowest BCUT2D eigenvalue weighted by molar-refractivity contribution is -0.146. The molecule has 1 saturated heterocycles. The van der Waals surface area contributed by atoms with E-state index in [9.17, 15) is 9.59 Å². The maximum Gasteiger partial charge on any atom is 0.351 e. The molecule has 0 aliphatic carbocycles. The largest absolute Gasteiger partial charge is 0.462 e. The lowest BCUT2D eigenvalue weighted by atomic mass is 10.3. The number of nitrogen functional groups attached to an aromatic ring is 1. The fourth-order valence-electron chi connectivity index (χ4n) is 1.76. The monoisotopic (exact) mass is 299 g/mol. The van der Waals surface area contributed by atoms with Gasteiger partial charge in [-0.05, 0) is 12.5 Å². The summed E-state index contributed by atoms with van der Waals surface area (Å²) in [6.07, 6.45) is 2.31. The van der Waals surface area contributed by atoms with Gasteiger partial charge in [0.05, 0.1) is 0 Å². The molecule has 7 nitrogen and oxygen atoms in total. The molecule has 1 aromatic heterocycles. The third-order valence-electron chi connectivity index (χ3n) is 2.73. The molecule has 0 saturated carbocycles. The molecule has 2 N–H and O–H groups in total.